The Balaban J connectivity index is 1.66. The van der Waals surface area contributed by atoms with Gasteiger partial charge >= 0.3 is 0 Å². The summed E-state index contributed by atoms with van der Waals surface area (Å²) in [7, 11) is 0. The maximum absolute atomic E-state index is 5.91. The Kier molecular flexibility index (Phi) is 3.20. The fourth-order valence-corrected chi connectivity index (χ4v) is 3.11. The lowest BCUT2D eigenvalue weighted by atomic mass is 10.1. The molecule has 5 nitrogen and oxygen atoms in total. The third-order valence-electron chi connectivity index (χ3n) is 3.57. The van der Waals surface area contributed by atoms with Gasteiger partial charge in [-0.05, 0) is 13.0 Å². The van der Waals surface area contributed by atoms with Crippen molar-refractivity contribution >= 4 is 17.0 Å². The Labute approximate surface area is 126 Å². The number of aromatic nitrogens is 1. The van der Waals surface area contributed by atoms with Crippen LogP contribution >= 0.6 is 11.3 Å². The smallest absolute Gasteiger partial charge is 0.167 e. The largest absolute Gasteiger partial charge is 0.493 e. The van der Waals surface area contributed by atoms with Crippen molar-refractivity contribution in [2.75, 3.05) is 25.1 Å². The number of benzene rings is 1. The first-order valence-corrected chi connectivity index (χ1v) is 7.89. The highest BCUT2D eigenvalue weighted by Crippen LogP contribution is 2.44. The fraction of sp³-hybridized carbons (Fsp3) is 0.400. The van der Waals surface area contributed by atoms with E-state index in [9.17, 15) is 0 Å². The number of hydrogen-bond donors (Lipinski definition) is 1. The van der Waals surface area contributed by atoms with Gasteiger partial charge in [0.25, 0.3) is 0 Å². The fourth-order valence-electron chi connectivity index (χ4n) is 2.46. The van der Waals surface area contributed by atoms with E-state index in [1.165, 1.54) is 0 Å². The average molecular weight is 304 g/mol. The molecule has 2 aliphatic heterocycles. The lowest BCUT2D eigenvalue weighted by molar-refractivity contribution is -0.0508. The lowest BCUT2D eigenvalue weighted by Crippen LogP contribution is -2.32. The third kappa shape index (κ3) is 2.45. The molecule has 1 unspecified atom stereocenters. The van der Waals surface area contributed by atoms with E-state index in [1.54, 1.807) is 17.5 Å². The maximum atomic E-state index is 5.91. The zero-order chi connectivity index (χ0) is 14.2. The predicted octanol–water partition coefficient (Wildman–Crippen LogP) is 2.99. The second-order valence-electron chi connectivity index (χ2n) is 5.30. The molecule has 21 heavy (non-hydrogen) atoms. The van der Waals surface area contributed by atoms with E-state index in [1.807, 2.05) is 24.4 Å². The highest BCUT2D eigenvalue weighted by atomic mass is 32.1. The first-order chi connectivity index (χ1) is 10.3. The van der Waals surface area contributed by atoms with E-state index >= 15 is 0 Å². The summed E-state index contributed by atoms with van der Waals surface area (Å²) in [6, 6.07) is 4.01. The van der Waals surface area contributed by atoms with E-state index in [0.29, 0.717) is 12.5 Å². The first kappa shape index (κ1) is 12.9. The van der Waals surface area contributed by atoms with Crippen LogP contribution in [0.3, 0.4) is 0 Å². The molecule has 6 heteroatoms. The van der Waals surface area contributed by atoms with Gasteiger partial charge in [-0.1, -0.05) is 0 Å². The topological polar surface area (TPSA) is 52.6 Å². The van der Waals surface area contributed by atoms with Crippen molar-refractivity contribution < 1.29 is 14.2 Å². The molecule has 1 saturated heterocycles. The first-order valence-electron chi connectivity index (χ1n) is 7.01. The quantitative estimate of drug-likeness (QED) is 0.941. The molecule has 0 aliphatic carbocycles. The Morgan fingerprint density at radius 1 is 1.43 bits per heavy atom. The summed E-state index contributed by atoms with van der Waals surface area (Å²) in [5, 5.41) is 6.21. The Morgan fingerprint density at radius 3 is 3.05 bits per heavy atom. The van der Waals surface area contributed by atoms with Crippen molar-refractivity contribution in [3.05, 3.63) is 23.7 Å². The SMILES string of the molecule is CC1Nc2cc(OCC3COC3)cc(-c3nccs3)c2O1. The Bertz CT molecular complexity index is 641. The number of anilines is 1. The van der Waals surface area contributed by atoms with Crippen LogP contribution in [0.4, 0.5) is 5.69 Å². The van der Waals surface area contributed by atoms with Gasteiger partial charge in [0.05, 0.1) is 31.1 Å². The standard InChI is InChI=1S/C15H16N2O3S/c1-9-17-13-5-11(19-8-10-6-18-7-10)4-12(14(13)20-9)15-16-2-3-21-15/h2-5,9-10,17H,6-8H2,1H3. The van der Waals surface area contributed by atoms with Crippen molar-refractivity contribution in [1.29, 1.82) is 0 Å². The summed E-state index contributed by atoms with van der Waals surface area (Å²) in [5.41, 5.74) is 1.95. The van der Waals surface area contributed by atoms with Crippen LogP contribution in [0, 0.1) is 5.92 Å². The van der Waals surface area contributed by atoms with Gasteiger partial charge in [0, 0.05) is 23.6 Å². The van der Waals surface area contributed by atoms with Gasteiger partial charge in [-0.25, -0.2) is 4.98 Å². The zero-order valence-electron chi connectivity index (χ0n) is 11.7. The molecule has 4 rings (SSSR count). The van der Waals surface area contributed by atoms with E-state index in [-0.39, 0.29) is 6.23 Å². The minimum absolute atomic E-state index is 0.0333. The molecule has 0 bridgehead atoms. The summed E-state index contributed by atoms with van der Waals surface area (Å²) in [6.07, 6.45) is 1.77. The third-order valence-corrected chi connectivity index (χ3v) is 4.38. The molecule has 3 heterocycles. The summed E-state index contributed by atoms with van der Waals surface area (Å²) in [6.45, 7) is 4.26. The summed E-state index contributed by atoms with van der Waals surface area (Å²) in [4.78, 5) is 4.39. The van der Waals surface area contributed by atoms with Crippen LogP contribution in [0.15, 0.2) is 23.7 Å². The molecule has 2 aliphatic rings. The molecular formula is C15H16N2O3S. The summed E-state index contributed by atoms with van der Waals surface area (Å²) in [5.74, 6) is 2.21. The molecule has 2 aromatic rings. The molecule has 1 aromatic heterocycles. The van der Waals surface area contributed by atoms with Gasteiger partial charge in [0.2, 0.25) is 0 Å². The number of nitrogens with zero attached hydrogens (tertiary/aromatic N) is 1. The van der Waals surface area contributed by atoms with Crippen molar-refractivity contribution in [2.45, 2.75) is 13.2 Å². The molecule has 1 aromatic carbocycles. The van der Waals surface area contributed by atoms with E-state index < -0.39 is 0 Å². The van der Waals surface area contributed by atoms with Gasteiger partial charge in [0.1, 0.15) is 10.8 Å². The van der Waals surface area contributed by atoms with Crippen molar-refractivity contribution in [3.8, 4) is 22.1 Å². The summed E-state index contributed by atoms with van der Waals surface area (Å²) < 4.78 is 16.9. The van der Waals surface area contributed by atoms with Crippen molar-refractivity contribution in [2.24, 2.45) is 5.92 Å². The molecule has 1 fully saturated rings. The van der Waals surface area contributed by atoms with Crippen LogP contribution in [0.5, 0.6) is 11.5 Å². The van der Waals surface area contributed by atoms with E-state index in [0.717, 1.165) is 41.0 Å². The zero-order valence-corrected chi connectivity index (χ0v) is 12.5. The minimum atomic E-state index is -0.0333. The van der Waals surface area contributed by atoms with Crippen molar-refractivity contribution in [1.82, 2.24) is 4.98 Å². The monoisotopic (exact) mass is 304 g/mol. The number of hydrogen-bond acceptors (Lipinski definition) is 6. The number of nitrogens with one attached hydrogen (secondary N) is 1. The highest BCUT2D eigenvalue weighted by Gasteiger charge is 2.25. The number of thiazole rings is 1. The second kappa shape index (κ2) is 5.20. The number of fused-ring (bicyclic) bond motifs is 1. The molecule has 110 valence electrons. The molecular weight excluding hydrogens is 288 g/mol. The minimum Gasteiger partial charge on any atom is -0.493 e. The van der Waals surface area contributed by atoms with Gasteiger partial charge < -0.3 is 19.5 Å². The van der Waals surface area contributed by atoms with Gasteiger partial charge in [-0.15, -0.1) is 11.3 Å². The van der Waals surface area contributed by atoms with Crippen LogP contribution < -0.4 is 14.8 Å². The van der Waals surface area contributed by atoms with Crippen LogP contribution in [-0.2, 0) is 4.74 Å². The average Bonchev–Trinajstić information content (AvgIpc) is 3.03. The molecule has 0 amide bonds. The lowest BCUT2D eigenvalue weighted by Gasteiger charge is -2.25. The van der Waals surface area contributed by atoms with Gasteiger partial charge in [-0.3, -0.25) is 0 Å². The van der Waals surface area contributed by atoms with Crippen LogP contribution in [-0.4, -0.2) is 31.0 Å². The van der Waals surface area contributed by atoms with Crippen LogP contribution in [0.25, 0.3) is 10.6 Å². The normalized spacial score (nSPS) is 20.3. The number of ether oxygens (including phenoxy) is 3. The van der Waals surface area contributed by atoms with E-state index in [2.05, 4.69) is 10.3 Å². The second-order valence-corrected chi connectivity index (χ2v) is 6.20. The van der Waals surface area contributed by atoms with Crippen LogP contribution in [0.1, 0.15) is 6.92 Å². The van der Waals surface area contributed by atoms with Gasteiger partial charge in [-0.2, -0.15) is 0 Å². The predicted molar refractivity (Wildman–Crippen MR) is 81.1 cm³/mol. The van der Waals surface area contributed by atoms with Crippen LogP contribution in [0.2, 0.25) is 0 Å². The highest BCUT2D eigenvalue weighted by molar-refractivity contribution is 7.13. The molecule has 0 spiro atoms. The maximum Gasteiger partial charge on any atom is 0.167 e. The number of rotatable bonds is 4. The summed E-state index contributed by atoms with van der Waals surface area (Å²) >= 11 is 1.60. The van der Waals surface area contributed by atoms with E-state index in [4.69, 9.17) is 14.2 Å². The Morgan fingerprint density at radius 2 is 2.33 bits per heavy atom. The van der Waals surface area contributed by atoms with Gasteiger partial charge in [0.15, 0.2) is 12.0 Å². The van der Waals surface area contributed by atoms with Crippen molar-refractivity contribution in [3.63, 3.8) is 0 Å². The molecule has 1 N–H and O–H groups in total. The molecule has 0 saturated carbocycles. The molecule has 0 radical (unpaired) electrons. The Hall–Kier alpha value is -1.79. The molecule has 1 atom stereocenters.